The molecule has 0 radical (unpaired) electrons. The van der Waals surface area contributed by atoms with Crippen molar-refractivity contribution in [3.8, 4) is 0 Å². The molecule has 4 nitrogen and oxygen atoms in total. The lowest BCUT2D eigenvalue weighted by atomic mass is 9.77. The third-order valence-electron chi connectivity index (χ3n) is 4.48. The van der Waals surface area contributed by atoms with Gasteiger partial charge in [0.2, 0.25) is 0 Å². The Hall–Kier alpha value is -0.870. The zero-order valence-corrected chi connectivity index (χ0v) is 11.8. The van der Waals surface area contributed by atoms with Crippen LogP contribution in [0.2, 0.25) is 0 Å². The molecule has 0 saturated heterocycles. The fourth-order valence-corrected chi connectivity index (χ4v) is 3.31. The third-order valence-corrected chi connectivity index (χ3v) is 4.48. The van der Waals surface area contributed by atoms with Gasteiger partial charge in [-0.25, -0.2) is 0 Å². The Bertz CT molecular complexity index is 377. The molecule has 0 aliphatic heterocycles. The summed E-state index contributed by atoms with van der Waals surface area (Å²) in [5.41, 5.74) is 5.30. The first-order valence-electron chi connectivity index (χ1n) is 7.12. The van der Waals surface area contributed by atoms with Gasteiger partial charge in [0.15, 0.2) is 0 Å². The van der Waals surface area contributed by atoms with Gasteiger partial charge >= 0.3 is 0 Å². The average molecular weight is 250 g/mol. The van der Waals surface area contributed by atoms with Crippen LogP contribution in [0.1, 0.15) is 56.5 Å². The van der Waals surface area contributed by atoms with Gasteiger partial charge in [-0.2, -0.15) is 5.10 Å². The number of hydrogen-bond acceptors (Lipinski definition) is 3. The van der Waals surface area contributed by atoms with Crippen LogP contribution >= 0.6 is 0 Å². The summed E-state index contributed by atoms with van der Waals surface area (Å²) in [6.45, 7) is 4.33. The third kappa shape index (κ3) is 2.75. The van der Waals surface area contributed by atoms with Crippen molar-refractivity contribution in [1.29, 1.82) is 0 Å². The highest BCUT2D eigenvalue weighted by Crippen LogP contribution is 2.37. The van der Waals surface area contributed by atoms with Gasteiger partial charge in [0.1, 0.15) is 0 Å². The van der Waals surface area contributed by atoms with Crippen LogP contribution in [0.3, 0.4) is 0 Å². The van der Waals surface area contributed by atoms with Gasteiger partial charge in [0.05, 0.1) is 17.4 Å². The van der Waals surface area contributed by atoms with Gasteiger partial charge in [-0.1, -0.05) is 26.2 Å². The maximum Gasteiger partial charge on any atom is 0.0657 e. The molecule has 1 aliphatic carbocycles. The first-order chi connectivity index (χ1) is 8.65. The molecule has 102 valence electrons. The lowest BCUT2D eigenvalue weighted by Gasteiger charge is -2.33. The number of nitrogens with two attached hydrogens (primary N) is 1. The van der Waals surface area contributed by atoms with Gasteiger partial charge in [0.25, 0.3) is 0 Å². The van der Waals surface area contributed by atoms with E-state index in [-0.39, 0.29) is 6.04 Å². The van der Waals surface area contributed by atoms with Gasteiger partial charge in [0, 0.05) is 7.05 Å². The van der Waals surface area contributed by atoms with Crippen molar-refractivity contribution in [3.63, 3.8) is 0 Å². The summed E-state index contributed by atoms with van der Waals surface area (Å²) in [5, 5.41) is 4.43. The lowest BCUT2D eigenvalue weighted by Crippen LogP contribution is -2.36. The molecule has 0 amide bonds. The first-order valence-corrected chi connectivity index (χ1v) is 7.12. The lowest BCUT2D eigenvalue weighted by molar-refractivity contribution is 0.214. The maximum absolute atomic E-state index is 5.79. The van der Waals surface area contributed by atoms with Gasteiger partial charge < -0.3 is 0 Å². The molecule has 4 heteroatoms. The van der Waals surface area contributed by atoms with Crippen LogP contribution in [0, 0.1) is 18.8 Å². The Morgan fingerprint density at radius 1 is 1.44 bits per heavy atom. The minimum Gasteiger partial charge on any atom is -0.271 e. The van der Waals surface area contributed by atoms with E-state index in [1.807, 2.05) is 18.7 Å². The summed E-state index contributed by atoms with van der Waals surface area (Å²) in [5.74, 6) is 7.36. The summed E-state index contributed by atoms with van der Waals surface area (Å²) in [6.07, 6.45) is 6.56. The van der Waals surface area contributed by atoms with Gasteiger partial charge in [-0.05, 0) is 37.7 Å². The van der Waals surface area contributed by atoms with E-state index >= 15 is 0 Å². The molecule has 0 spiro atoms. The molecule has 18 heavy (non-hydrogen) atoms. The molecule has 2 rings (SSSR count). The fraction of sp³-hybridized carbons (Fsp3) is 0.786. The van der Waals surface area contributed by atoms with Crippen molar-refractivity contribution in [2.45, 2.75) is 52.0 Å². The molecule has 1 atom stereocenters. The highest BCUT2D eigenvalue weighted by Gasteiger charge is 2.29. The summed E-state index contributed by atoms with van der Waals surface area (Å²) < 4.78 is 1.96. The van der Waals surface area contributed by atoms with E-state index in [0.717, 1.165) is 11.6 Å². The second kappa shape index (κ2) is 5.85. The molecular weight excluding hydrogens is 224 g/mol. The van der Waals surface area contributed by atoms with E-state index in [4.69, 9.17) is 5.84 Å². The van der Waals surface area contributed by atoms with Crippen LogP contribution in [0.5, 0.6) is 0 Å². The number of aromatic nitrogens is 2. The fourth-order valence-electron chi connectivity index (χ4n) is 3.31. The second-order valence-corrected chi connectivity index (χ2v) is 5.67. The van der Waals surface area contributed by atoms with Crippen molar-refractivity contribution in [2.75, 3.05) is 0 Å². The van der Waals surface area contributed by atoms with Crippen LogP contribution in [-0.4, -0.2) is 9.78 Å². The van der Waals surface area contributed by atoms with Gasteiger partial charge in [-0.3, -0.25) is 16.0 Å². The smallest absolute Gasteiger partial charge is 0.0657 e. The van der Waals surface area contributed by atoms with Gasteiger partial charge in [-0.15, -0.1) is 0 Å². The number of nitrogens with one attached hydrogen (secondary N) is 1. The van der Waals surface area contributed by atoms with E-state index in [2.05, 4.69) is 23.5 Å². The Labute approximate surface area is 110 Å². The molecule has 1 aromatic rings. The van der Waals surface area contributed by atoms with Crippen molar-refractivity contribution in [3.05, 3.63) is 17.5 Å². The minimum absolute atomic E-state index is 0.244. The monoisotopic (exact) mass is 250 g/mol. The van der Waals surface area contributed by atoms with Crippen molar-refractivity contribution in [1.82, 2.24) is 15.2 Å². The standard InChI is InChI=1S/C14H26N4/c1-4-11-5-7-12(8-6-11)14(16-15)13-9-10(2)17-18(13)3/h9,11-12,14,16H,4-8,15H2,1-3H3. The summed E-state index contributed by atoms with van der Waals surface area (Å²) in [7, 11) is 2.00. The van der Waals surface area contributed by atoms with Crippen LogP contribution in [0.15, 0.2) is 6.07 Å². The molecule has 0 bridgehead atoms. The molecule has 3 N–H and O–H groups in total. The number of aryl methyl sites for hydroxylation is 2. The highest BCUT2D eigenvalue weighted by molar-refractivity contribution is 5.14. The Balaban J connectivity index is 2.08. The SMILES string of the molecule is CCC1CCC(C(NN)c2cc(C)nn2C)CC1. The topological polar surface area (TPSA) is 55.9 Å². The molecule has 1 fully saturated rings. The van der Waals surface area contributed by atoms with Crippen LogP contribution in [0.25, 0.3) is 0 Å². The maximum atomic E-state index is 5.79. The summed E-state index contributed by atoms with van der Waals surface area (Å²) in [6, 6.07) is 2.39. The van der Waals surface area contributed by atoms with Crippen molar-refractivity contribution in [2.24, 2.45) is 24.7 Å². The van der Waals surface area contributed by atoms with Crippen molar-refractivity contribution >= 4 is 0 Å². The van der Waals surface area contributed by atoms with Crippen LogP contribution in [0.4, 0.5) is 0 Å². The zero-order valence-electron chi connectivity index (χ0n) is 11.8. The molecule has 1 unspecified atom stereocenters. The second-order valence-electron chi connectivity index (χ2n) is 5.67. The number of hydrazine groups is 1. The molecule has 1 heterocycles. The first kappa shape index (κ1) is 13.6. The normalized spacial score (nSPS) is 26.2. The Morgan fingerprint density at radius 2 is 2.11 bits per heavy atom. The molecule has 0 aromatic carbocycles. The number of hydrogen-bond donors (Lipinski definition) is 2. The number of nitrogens with zero attached hydrogens (tertiary/aromatic N) is 2. The van der Waals surface area contributed by atoms with Crippen LogP contribution < -0.4 is 11.3 Å². The molecule has 1 aromatic heterocycles. The largest absolute Gasteiger partial charge is 0.271 e. The van der Waals surface area contributed by atoms with Crippen molar-refractivity contribution < 1.29 is 0 Å². The van der Waals surface area contributed by atoms with E-state index in [1.165, 1.54) is 37.8 Å². The van der Waals surface area contributed by atoms with E-state index in [1.54, 1.807) is 0 Å². The van der Waals surface area contributed by atoms with E-state index in [0.29, 0.717) is 5.92 Å². The predicted molar refractivity (Wildman–Crippen MR) is 73.7 cm³/mol. The number of rotatable bonds is 4. The highest BCUT2D eigenvalue weighted by atomic mass is 15.3. The Kier molecular flexibility index (Phi) is 4.40. The van der Waals surface area contributed by atoms with E-state index < -0.39 is 0 Å². The Morgan fingerprint density at radius 3 is 2.56 bits per heavy atom. The quantitative estimate of drug-likeness (QED) is 0.637. The molecular formula is C14H26N4. The molecule has 1 aliphatic rings. The minimum atomic E-state index is 0.244. The molecule has 1 saturated carbocycles. The van der Waals surface area contributed by atoms with Crippen LogP contribution in [-0.2, 0) is 7.05 Å². The zero-order chi connectivity index (χ0) is 13.1. The average Bonchev–Trinajstić information content (AvgIpc) is 2.70. The summed E-state index contributed by atoms with van der Waals surface area (Å²) >= 11 is 0. The summed E-state index contributed by atoms with van der Waals surface area (Å²) in [4.78, 5) is 0. The predicted octanol–water partition coefficient (Wildman–Crippen LogP) is 2.45. The van der Waals surface area contributed by atoms with E-state index in [9.17, 15) is 0 Å².